The van der Waals surface area contributed by atoms with Crippen molar-refractivity contribution in [1.29, 1.82) is 0 Å². The van der Waals surface area contributed by atoms with Gasteiger partial charge in [-0.25, -0.2) is 0 Å². The molecular formula is C17H25N3O. The average molecular weight is 287 g/mol. The Labute approximate surface area is 127 Å². The van der Waals surface area contributed by atoms with Gasteiger partial charge >= 0.3 is 0 Å². The fraction of sp³-hybridized carbons (Fsp3) is 0.471. The van der Waals surface area contributed by atoms with E-state index in [0.29, 0.717) is 0 Å². The van der Waals surface area contributed by atoms with Gasteiger partial charge in [-0.3, -0.25) is 9.88 Å². The van der Waals surface area contributed by atoms with Crippen molar-refractivity contribution in [2.75, 3.05) is 7.05 Å². The van der Waals surface area contributed by atoms with Crippen LogP contribution in [0.2, 0.25) is 0 Å². The van der Waals surface area contributed by atoms with Crippen molar-refractivity contribution in [3.8, 4) is 0 Å². The number of aromatic nitrogens is 1. The maximum absolute atomic E-state index is 5.64. The fourth-order valence-electron chi connectivity index (χ4n) is 2.13. The summed E-state index contributed by atoms with van der Waals surface area (Å²) in [6.45, 7) is 8.99. The third-order valence-corrected chi connectivity index (χ3v) is 3.24. The summed E-state index contributed by atoms with van der Waals surface area (Å²) in [6.07, 6.45) is 5.47. The Kier molecular flexibility index (Phi) is 5.15. The molecule has 4 heteroatoms. The van der Waals surface area contributed by atoms with Gasteiger partial charge < -0.3 is 9.73 Å². The number of pyridine rings is 1. The van der Waals surface area contributed by atoms with Gasteiger partial charge in [0.25, 0.3) is 0 Å². The van der Waals surface area contributed by atoms with Gasteiger partial charge in [0.1, 0.15) is 5.76 Å². The lowest BCUT2D eigenvalue weighted by Crippen LogP contribution is -2.35. The van der Waals surface area contributed by atoms with E-state index in [4.69, 9.17) is 4.42 Å². The minimum atomic E-state index is 0.107. The van der Waals surface area contributed by atoms with Crippen LogP contribution < -0.4 is 5.32 Å². The van der Waals surface area contributed by atoms with Gasteiger partial charge in [-0.1, -0.05) is 6.07 Å². The third kappa shape index (κ3) is 5.33. The molecule has 0 aliphatic heterocycles. The van der Waals surface area contributed by atoms with Crippen LogP contribution in [0.4, 0.5) is 0 Å². The highest BCUT2D eigenvalue weighted by atomic mass is 16.3. The van der Waals surface area contributed by atoms with E-state index in [1.807, 2.05) is 18.3 Å². The number of furan rings is 1. The molecule has 2 rings (SSSR count). The molecule has 21 heavy (non-hydrogen) atoms. The van der Waals surface area contributed by atoms with E-state index in [0.717, 1.165) is 25.4 Å². The molecule has 2 heterocycles. The molecule has 2 aromatic rings. The zero-order valence-corrected chi connectivity index (χ0v) is 13.4. The topological polar surface area (TPSA) is 41.3 Å². The first-order valence-electron chi connectivity index (χ1n) is 7.32. The van der Waals surface area contributed by atoms with E-state index in [1.165, 1.54) is 11.1 Å². The fourth-order valence-corrected chi connectivity index (χ4v) is 2.13. The molecule has 4 nitrogen and oxygen atoms in total. The second kappa shape index (κ2) is 6.87. The Bertz CT molecular complexity index is 543. The van der Waals surface area contributed by atoms with E-state index >= 15 is 0 Å². The van der Waals surface area contributed by atoms with E-state index in [-0.39, 0.29) is 5.54 Å². The van der Waals surface area contributed by atoms with Crippen LogP contribution >= 0.6 is 0 Å². The van der Waals surface area contributed by atoms with Crippen LogP contribution in [-0.4, -0.2) is 22.5 Å². The second-order valence-electron chi connectivity index (χ2n) is 6.51. The van der Waals surface area contributed by atoms with Crippen LogP contribution in [0.3, 0.4) is 0 Å². The molecule has 0 aromatic carbocycles. The number of hydrogen-bond donors (Lipinski definition) is 1. The molecule has 0 spiro atoms. The van der Waals surface area contributed by atoms with Gasteiger partial charge in [0.2, 0.25) is 0 Å². The van der Waals surface area contributed by atoms with Gasteiger partial charge in [-0.05, 0) is 45.5 Å². The summed E-state index contributed by atoms with van der Waals surface area (Å²) in [4.78, 5) is 6.38. The lowest BCUT2D eigenvalue weighted by molar-refractivity contribution is 0.284. The van der Waals surface area contributed by atoms with Gasteiger partial charge in [0.15, 0.2) is 0 Å². The van der Waals surface area contributed by atoms with Crippen molar-refractivity contribution in [3.05, 3.63) is 53.7 Å². The standard InChI is InChI=1S/C17H25N3O/c1-17(2,3)19-11-15-7-9-21-16(15)13-20(4)12-14-6-5-8-18-10-14/h5-10,19H,11-13H2,1-4H3. The first-order chi connectivity index (χ1) is 9.94. The second-order valence-corrected chi connectivity index (χ2v) is 6.51. The predicted molar refractivity (Wildman–Crippen MR) is 84.7 cm³/mol. The lowest BCUT2D eigenvalue weighted by atomic mass is 10.1. The van der Waals surface area contributed by atoms with E-state index < -0.39 is 0 Å². The van der Waals surface area contributed by atoms with Crippen LogP contribution in [0, 0.1) is 0 Å². The van der Waals surface area contributed by atoms with Gasteiger partial charge in [-0.2, -0.15) is 0 Å². The lowest BCUT2D eigenvalue weighted by Gasteiger charge is -2.21. The van der Waals surface area contributed by atoms with E-state index in [1.54, 1.807) is 12.5 Å². The molecule has 1 N–H and O–H groups in total. The normalized spacial score (nSPS) is 12.0. The molecule has 0 unspecified atom stereocenters. The minimum Gasteiger partial charge on any atom is -0.468 e. The highest BCUT2D eigenvalue weighted by Gasteiger charge is 2.13. The van der Waals surface area contributed by atoms with Crippen LogP contribution in [0.15, 0.2) is 41.3 Å². The number of hydrogen-bond acceptors (Lipinski definition) is 4. The van der Waals surface area contributed by atoms with Crippen molar-refractivity contribution >= 4 is 0 Å². The Morgan fingerprint density at radius 2 is 2.05 bits per heavy atom. The maximum atomic E-state index is 5.64. The minimum absolute atomic E-state index is 0.107. The first kappa shape index (κ1) is 15.7. The number of nitrogens with one attached hydrogen (secondary N) is 1. The van der Waals surface area contributed by atoms with Crippen molar-refractivity contribution < 1.29 is 4.42 Å². The molecule has 0 bridgehead atoms. The van der Waals surface area contributed by atoms with E-state index in [9.17, 15) is 0 Å². The quantitative estimate of drug-likeness (QED) is 0.886. The first-order valence-corrected chi connectivity index (χ1v) is 7.32. The monoisotopic (exact) mass is 287 g/mol. The molecule has 0 radical (unpaired) electrons. The smallest absolute Gasteiger partial charge is 0.122 e. The molecule has 0 saturated heterocycles. The van der Waals surface area contributed by atoms with Crippen molar-refractivity contribution in [2.45, 2.75) is 45.9 Å². The molecule has 2 aromatic heterocycles. The summed E-state index contributed by atoms with van der Waals surface area (Å²) >= 11 is 0. The van der Waals surface area contributed by atoms with E-state index in [2.05, 4.69) is 49.1 Å². The summed E-state index contributed by atoms with van der Waals surface area (Å²) in [5.41, 5.74) is 2.54. The predicted octanol–water partition coefficient (Wildman–Crippen LogP) is 3.19. The van der Waals surface area contributed by atoms with Crippen molar-refractivity contribution in [1.82, 2.24) is 15.2 Å². The Balaban J connectivity index is 1.92. The average Bonchev–Trinajstić information content (AvgIpc) is 2.84. The maximum Gasteiger partial charge on any atom is 0.122 e. The molecule has 0 aliphatic rings. The Morgan fingerprint density at radius 1 is 1.24 bits per heavy atom. The summed E-state index contributed by atoms with van der Waals surface area (Å²) in [6, 6.07) is 6.11. The van der Waals surface area contributed by atoms with Gasteiger partial charge in [0, 0.05) is 36.6 Å². The number of rotatable bonds is 6. The summed E-state index contributed by atoms with van der Waals surface area (Å²) in [7, 11) is 2.09. The zero-order valence-electron chi connectivity index (χ0n) is 13.4. The summed E-state index contributed by atoms with van der Waals surface area (Å²) in [5, 5.41) is 3.50. The molecular weight excluding hydrogens is 262 g/mol. The van der Waals surface area contributed by atoms with Crippen molar-refractivity contribution in [3.63, 3.8) is 0 Å². The van der Waals surface area contributed by atoms with Crippen LogP contribution in [0.1, 0.15) is 37.7 Å². The van der Waals surface area contributed by atoms with Crippen LogP contribution in [-0.2, 0) is 19.6 Å². The zero-order chi connectivity index (χ0) is 15.3. The summed E-state index contributed by atoms with van der Waals surface area (Å²) < 4.78 is 5.64. The molecule has 114 valence electrons. The van der Waals surface area contributed by atoms with Crippen LogP contribution in [0.5, 0.6) is 0 Å². The number of nitrogens with zero attached hydrogens (tertiary/aromatic N) is 2. The SMILES string of the molecule is CN(Cc1cccnc1)Cc1occc1CNC(C)(C)C. The third-order valence-electron chi connectivity index (χ3n) is 3.24. The molecule has 0 amide bonds. The molecule has 0 atom stereocenters. The highest BCUT2D eigenvalue weighted by molar-refractivity contribution is 5.17. The molecule has 0 saturated carbocycles. The molecule has 0 aliphatic carbocycles. The van der Waals surface area contributed by atoms with Crippen LogP contribution in [0.25, 0.3) is 0 Å². The molecule has 0 fully saturated rings. The van der Waals surface area contributed by atoms with Gasteiger partial charge in [0.05, 0.1) is 12.8 Å². The van der Waals surface area contributed by atoms with Gasteiger partial charge in [-0.15, -0.1) is 0 Å². The Hall–Kier alpha value is -1.65. The highest BCUT2D eigenvalue weighted by Crippen LogP contribution is 2.15. The van der Waals surface area contributed by atoms with Crippen molar-refractivity contribution in [2.24, 2.45) is 0 Å². The largest absolute Gasteiger partial charge is 0.468 e. The summed E-state index contributed by atoms with van der Waals surface area (Å²) in [5.74, 6) is 1.03. The Morgan fingerprint density at radius 3 is 2.71 bits per heavy atom.